The van der Waals surface area contributed by atoms with Crippen molar-refractivity contribution in [3.05, 3.63) is 28.2 Å². The summed E-state index contributed by atoms with van der Waals surface area (Å²) in [5.74, 6) is 0.719. The number of nitrogens with one attached hydrogen (secondary N) is 1. The minimum absolute atomic E-state index is 0.00515. The maximum absolute atomic E-state index is 12.1. The summed E-state index contributed by atoms with van der Waals surface area (Å²) in [5, 5.41) is 0.272. The van der Waals surface area contributed by atoms with Crippen LogP contribution in [0.3, 0.4) is 0 Å². The number of ether oxygens (including phenoxy) is 1. The lowest BCUT2D eigenvalue weighted by Gasteiger charge is -2.09. The standard InChI is InChI=1S/C13H17Cl2NO3S/c14-11-3-1-4-12(13(11)15)20(17,18)16-7-2-8-19-9-10-5-6-10/h1,3-4,10,16H,2,5-9H2. The van der Waals surface area contributed by atoms with Crippen molar-refractivity contribution in [3.63, 3.8) is 0 Å². The van der Waals surface area contributed by atoms with Crippen LogP contribution in [0.5, 0.6) is 0 Å². The molecule has 1 aromatic rings. The van der Waals surface area contributed by atoms with Gasteiger partial charge in [0.2, 0.25) is 10.0 Å². The van der Waals surface area contributed by atoms with Crippen molar-refractivity contribution in [3.8, 4) is 0 Å². The molecule has 1 aliphatic carbocycles. The zero-order valence-electron chi connectivity index (χ0n) is 10.9. The highest BCUT2D eigenvalue weighted by Crippen LogP contribution is 2.29. The summed E-state index contributed by atoms with van der Waals surface area (Å²) in [6.07, 6.45) is 3.13. The molecular formula is C13H17Cl2NO3S. The third-order valence-corrected chi connectivity index (χ3v) is 5.45. The van der Waals surface area contributed by atoms with Crippen LogP contribution in [-0.2, 0) is 14.8 Å². The fraction of sp³-hybridized carbons (Fsp3) is 0.538. The second kappa shape index (κ2) is 7.09. The average Bonchev–Trinajstić information content (AvgIpc) is 3.20. The number of hydrogen-bond acceptors (Lipinski definition) is 3. The van der Waals surface area contributed by atoms with E-state index in [0.717, 1.165) is 12.5 Å². The van der Waals surface area contributed by atoms with Gasteiger partial charge < -0.3 is 4.74 Å². The Bertz CT molecular complexity index is 559. The largest absolute Gasteiger partial charge is 0.381 e. The molecule has 4 nitrogen and oxygen atoms in total. The van der Waals surface area contributed by atoms with E-state index in [2.05, 4.69) is 4.72 Å². The Hall–Kier alpha value is -0.330. The number of hydrogen-bond donors (Lipinski definition) is 1. The van der Waals surface area contributed by atoms with E-state index in [1.807, 2.05) is 0 Å². The number of halogens is 2. The van der Waals surface area contributed by atoms with Gasteiger partial charge in [-0.25, -0.2) is 13.1 Å². The van der Waals surface area contributed by atoms with E-state index in [1.54, 1.807) is 12.1 Å². The monoisotopic (exact) mass is 337 g/mol. The van der Waals surface area contributed by atoms with Gasteiger partial charge in [-0.05, 0) is 37.3 Å². The fourth-order valence-electron chi connectivity index (χ4n) is 1.68. The molecule has 2 rings (SSSR count). The molecule has 0 aromatic heterocycles. The normalized spacial score (nSPS) is 15.5. The van der Waals surface area contributed by atoms with E-state index in [9.17, 15) is 8.42 Å². The van der Waals surface area contributed by atoms with Gasteiger partial charge in [0.1, 0.15) is 4.90 Å². The minimum Gasteiger partial charge on any atom is -0.381 e. The summed E-state index contributed by atoms with van der Waals surface area (Å²) in [5.41, 5.74) is 0. The Labute approximate surface area is 129 Å². The van der Waals surface area contributed by atoms with Crippen LogP contribution in [0.1, 0.15) is 19.3 Å². The van der Waals surface area contributed by atoms with Gasteiger partial charge in [0.15, 0.2) is 0 Å². The zero-order chi connectivity index (χ0) is 14.6. The first-order valence-corrected chi connectivity index (χ1v) is 8.76. The van der Waals surface area contributed by atoms with Gasteiger partial charge in [0.25, 0.3) is 0 Å². The molecule has 0 amide bonds. The van der Waals surface area contributed by atoms with Gasteiger partial charge in [-0.1, -0.05) is 29.3 Å². The summed E-state index contributed by atoms with van der Waals surface area (Å²) in [6, 6.07) is 4.54. The first-order chi connectivity index (χ1) is 9.50. The van der Waals surface area contributed by atoms with Gasteiger partial charge in [-0.2, -0.15) is 0 Å². The quantitative estimate of drug-likeness (QED) is 0.741. The van der Waals surface area contributed by atoms with Crippen LogP contribution in [-0.4, -0.2) is 28.2 Å². The number of rotatable bonds is 8. The summed E-state index contributed by atoms with van der Waals surface area (Å²) in [6.45, 7) is 1.66. The molecule has 7 heteroatoms. The van der Waals surface area contributed by atoms with E-state index in [1.165, 1.54) is 18.9 Å². The van der Waals surface area contributed by atoms with Gasteiger partial charge in [0.05, 0.1) is 10.0 Å². The highest BCUT2D eigenvalue weighted by molar-refractivity contribution is 7.89. The van der Waals surface area contributed by atoms with E-state index in [0.29, 0.717) is 19.6 Å². The van der Waals surface area contributed by atoms with Crippen LogP contribution in [0.15, 0.2) is 23.1 Å². The lowest BCUT2D eigenvalue weighted by molar-refractivity contribution is 0.123. The highest BCUT2D eigenvalue weighted by atomic mass is 35.5. The SMILES string of the molecule is O=S(=O)(NCCCOCC1CC1)c1cccc(Cl)c1Cl. The number of benzene rings is 1. The molecule has 1 saturated carbocycles. The van der Waals surface area contributed by atoms with Crippen LogP contribution >= 0.6 is 23.2 Å². The fourth-order valence-corrected chi connectivity index (χ4v) is 3.52. The van der Waals surface area contributed by atoms with Crippen LogP contribution in [0.4, 0.5) is 0 Å². The predicted molar refractivity (Wildman–Crippen MR) is 79.8 cm³/mol. The molecule has 0 radical (unpaired) electrons. The van der Waals surface area contributed by atoms with Crippen molar-refractivity contribution in [2.75, 3.05) is 19.8 Å². The second-order valence-corrected chi connectivity index (χ2v) is 7.34. The Balaban J connectivity index is 1.79. The van der Waals surface area contributed by atoms with Gasteiger partial charge >= 0.3 is 0 Å². The van der Waals surface area contributed by atoms with Crippen LogP contribution < -0.4 is 4.72 Å². The summed E-state index contributed by atoms with van der Waals surface area (Å²) < 4.78 is 32.1. The first kappa shape index (κ1) is 16.0. The summed E-state index contributed by atoms with van der Waals surface area (Å²) in [4.78, 5) is 0.00515. The lowest BCUT2D eigenvalue weighted by atomic mass is 10.4. The minimum atomic E-state index is -3.63. The molecule has 1 fully saturated rings. The van der Waals surface area contributed by atoms with Gasteiger partial charge in [-0.3, -0.25) is 0 Å². The Kier molecular flexibility index (Phi) is 5.69. The number of sulfonamides is 1. The van der Waals surface area contributed by atoms with E-state index < -0.39 is 10.0 Å². The van der Waals surface area contributed by atoms with E-state index >= 15 is 0 Å². The van der Waals surface area contributed by atoms with E-state index in [4.69, 9.17) is 27.9 Å². The summed E-state index contributed by atoms with van der Waals surface area (Å²) in [7, 11) is -3.63. The molecular weight excluding hydrogens is 321 g/mol. The Morgan fingerprint density at radius 2 is 2.05 bits per heavy atom. The van der Waals surface area contributed by atoms with Gasteiger partial charge in [0, 0.05) is 19.8 Å². The molecule has 1 aliphatic rings. The van der Waals surface area contributed by atoms with E-state index in [-0.39, 0.29) is 14.9 Å². The third-order valence-electron chi connectivity index (χ3n) is 3.01. The molecule has 0 aliphatic heterocycles. The molecule has 0 atom stereocenters. The Morgan fingerprint density at radius 1 is 1.30 bits per heavy atom. The molecule has 1 aromatic carbocycles. The van der Waals surface area contributed by atoms with Crippen LogP contribution in [0.2, 0.25) is 10.0 Å². The van der Waals surface area contributed by atoms with Crippen molar-refractivity contribution in [1.29, 1.82) is 0 Å². The Morgan fingerprint density at radius 3 is 2.75 bits per heavy atom. The third kappa shape index (κ3) is 4.60. The molecule has 0 saturated heterocycles. The van der Waals surface area contributed by atoms with Crippen molar-refractivity contribution in [1.82, 2.24) is 4.72 Å². The smallest absolute Gasteiger partial charge is 0.242 e. The second-order valence-electron chi connectivity index (χ2n) is 4.82. The van der Waals surface area contributed by atoms with Crippen molar-refractivity contribution in [2.45, 2.75) is 24.2 Å². The van der Waals surface area contributed by atoms with Gasteiger partial charge in [-0.15, -0.1) is 0 Å². The lowest BCUT2D eigenvalue weighted by Crippen LogP contribution is -2.26. The van der Waals surface area contributed by atoms with Crippen LogP contribution in [0, 0.1) is 5.92 Å². The zero-order valence-corrected chi connectivity index (χ0v) is 13.3. The molecule has 0 heterocycles. The maximum Gasteiger partial charge on any atom is 0.242 e. The molecule has 1 N–H and O–H groups in total. The first-order valence-electron chi connectivity index (χ1n) is 6.52. The van der Waals surface area contributed by atoms with Crippen molar-refractivity contribution in [2.24, 2.45) is 5.92 Å². The van der Waals surface area contributed by atoms with Crippen molar-refractivity contribution < 1.29 is 13.2 Å². The predicted octanol–water partition coefficient (Wildman–Crippen LogP) is 3.09. The molecule has 112 valence electrons. The highest BCUT2D eigenvalue weighted by Gasteiger charge is 2.21. The topological polar surface area (TPSA) is 55.4 Å². The summed E-state index contributed by atoms with van der Waals surface area (Å²) >= 11 is 11.7. The van der Waals surface area contributed by atoms with Crippen LogP contribution in [0.25, 0.3) is 0 Å². The average molecular weight is 338 g/mol. The van der Waals surface area contributed by atoms with Crippen molar-refractivity contribution >= 4 is 33.2 Å². The maximum atomic E-state index is 12.1. The molecule has 0 bridgehead atoms. The molecule has 0 unspecified atom stereocenters. The molecule has 20 heavy (non-hydrogen) atoms. The molecule has 0 spiro atoms.